The molecule has 0 aromatic carbocycles. The van der Waals surface area contributed by atoms with Crippen LogP contribution in [0.1, 0.15) is 233 Å². The summed E-state index contributed by atoms with van der Waals surface area (Å²) in [5.41, 5.74) is 0. The minimum Gasteiger partial charge on any atom is -0.465 e. The van der Waals surface area contributed by atoms with E-state index in [-0.39, 0.29) is 43.3 Å². The van der Waals surface area contributed by atoms with Crippen LogP contribution in [0.5, 0.6) is 0 Å². The van der Waals surface area contributed by atoms with Crippen molar-refractivity contribution in [1.82, 2.24) is 0 Å². The summed E-state index contributed by atoms with van der Waals surface area (Å²) in [7, 11) is 0. The van der Waals surface area contributed by atoms with Crippen molar-refractivity contribution in [1.29, 1.82) is 0 Å². The van der Waals surface area contributed by atoms with E-state index in [1.54, 1.807) is 0 Å². The summed E-state index contributed by atoms with van der Waals surface area (Å²) in [4.78, 5) is 38.1. The van der Waals surface area contributed by atoms with Crippen LogP contribution in [0.3, 0.4) is 0 Å². The van der Waals surface area contributed by atoms with Gasteiger partial charge in [-0.2, -0.15) is 0 Å². The summed E-state index contributed by atoms with van der Waals surface area (Å²) in [6.45, 7) is 6.84. The van der Waals surface area contributed by atoms with E-state index in [4.69, 9.17) is 9.47 Å². The van der Waals surface area contributed by atoms with E-state index in [1.807, 2.05) is 0 Å². The van der Waals surface area contributed by atoms with Crippen molar-refractivity contribution in [3.05, 3.63) is 60.8 Å². The lowest BCUT2D eigenvalue weighted by Gasteiger charge is -2.17. The summed E-state index contributed by atoms with van der Waals surface area (Å²) in [6, 6.07) is 0. The Kier molecular flexibility index (Phi) is 43.8. The molecular formula is C52H90O5. The van der Waals surface area contributed by atoms with Crippen LogP contribution in [0.15, 0.2) is 60.8 Å². The number of esters is 2. The molecule has 1 unspecified atom stereocenters. The standard InChI is InChI=1S/C52H90O5/c1-4-7-10-13-16-19-21-23-25-27-29-32-35-38-41-44-51(54)56-47-49(46-50(53)43-40-37-34-31-18-15-12-9-6-3)48-57-52(55)45-42-39-36-33-30-28-26-24-22-20-17-14-11-8-5-2/h7,9-10,12,16,19,23-26,49H,4-6,8,11,13-15,17-18,20-22,27-48H2,1-3H3. The van der Waals surface area contributed by atoms with E-state index in [9.17, 15) is 14.4 Å². The molecular weight excluding hydrogens is 705 g/mol. The van der Waals surface area contributed by atoms with E-state index in [1.165, 1.54) is 83.5 Å². The molecule has 0 heterocycles. The number of rotatable bonds is 43. The van der Waals surface area contributed by atoms with Gasteiger partial charge in [-0.1, -0.05) is 171 Å². The Bertz CT molecular complexity index is 1050. The van der Waals surface area contributed by atoms with Crippen LogP contribution in [0.2, 0.25) is 0 Å². The largest absolute Gasteiger partial charge is 0.465 e. The summed E-state index contributed by atoms with van der Waals surface area (Å²) in [5.74, 6) is -0.553. The van der Waals surface area contributed by atoms with Crippen LogP contribution in [0, 0.1) is 5.92 Å². The third-order valence-corrected chi connectivity index (χ3v) is 10.4. The van der Waals surface area contributed by atoms with Gasteiger partial charge in [0.1, 0.15) is 5.78 Å². The number of carbonyl (C=O) groups excluding carboxylic acids is 3. The second-order valence-corrected chi connectivity index (χ2v) is 16.1. The number of unbranched alkanes of at least 4 members (excludes halogenated alkanes) is 21. The van der Waals surface area contributed by atoms with Crippen LogP contribution in [-0.2, 0) is 23.9 Å². The molecule has 0 spiro atoms. The second-order valence-electron chi connectivity index (χ2n) is 16.1. The fourth-order valence-corrected chi connectivity index (χ4v) is 6.78. The highest BCUT2D eigenvalue weighted by Gasteiger charge is 2.19. The van der Waals surface area contributed by atoms with E-state index >= 15 is 0 Å². The highest BCUT2D eigenvalue weighted by Crippen LogP contribution is 2.16. The SMILES string of the molecule is CCC=CCC=CCC=CCCCCCCCC(=O)OCC(COC(=O)CCCCCCCC=CCCCCCCCC)CC(=O)CCCCCCCC=CCC. The molecule has 0 aromatic heterocycles. The predicted molar refractivity (Wildman–Crippen MR) is 245 cm³/mol. The molecule has 0 saturated heterocycles. The number of allylic oxidation sites excluding steroid dienone is 10. The molecule has 0 radical (unpaired) electrons. The van der Waals surface area contributed by atoms with Gasteiger partial charge in [-0.25, -0.2) is 0 Å². The molecule has 0 aromatic rings. The van der Waals surface area contributed by atoms with Gasteiger partial charge in [0.15, 0.2) is 0 Å². The Balaban J connectivity index is 4.36. The average molecular weight is 795 g/mol. The van der Waals surface area contributed by atoms with Gasteiger partial charge in [-0.05, 0) is 96.3 Å². The highest BCUT2D eigenvalue weighted by molar-refractivity contribution is 5.78. The molecule has 0 N–H and O–H groups in total. The molecule has 0 fully saturated rings. The van der Waals surface area contributed by atoms with Gasteiger partial charge < -0.3 is 9.47 Å². The van der Waals surface area contributed by atoms with Crippen molar-refractivity contribution in [2.45, 2.75) is 233 Å². The highest BCUT2D eigenvalue weighted by atomic mass is 16.5. The van der Waals surface area contributed by atoms with Crippen molar-refractivity contribution in [3.63, 3.8) is 0 Å². The summed E-state index contributed by atoms with van der Waals surface area (Å²) >= 11 is 0. The average Bonchev–Trinajstić information content (AvgIpc) is 3.21. The molecule has 1 atom stereocenters. The maximum absolute atomic E-state index is 12.9. The first kappa shape index (κ1) is 54.3. The third kappa shape index (κ3) is 44.3. The molecule has 5 heteroatoms. The Morgan fingerprint density at radius 2 is 0.719 bits per heavy atom. The maximum Gasteiger partial charge on any atom is 0.305 e. The molecule has 328 valence electrons. The zero-order valence-corrected chi connectivity index (χ0v) is 37.6. The quantitative estimate of drug-likeness (QED) is 0.0349. The monoisotopic (exact) mass is 795 g/mol. The first-order valence-electron chi connectivity index (χ1n) is 24.1. The predicted octanol–water partition coefficient (Wildman–Crippen LogP) is 16.0. The fraction of sp³-hybridized carbons (Fsp3) is 0.750. The number of ketones is 1. The fourth-order valence-electron chi connectivity index (χ4n) is 6.78. The normalized spacial score (nSPS) is 12.6. The minimum absolute atomic E-state index is 0.132. The Morgan fingerprint density at radius 1 is 0.386 bits per heavy atom. The maximum atomic E-state index is 12.9. The van der Waals surface area contributed by atoms with Crippen molar-refractivity contribution >= 4 is 17.7 Å². The van der Waals surface area contributed by atoms with E-state index in [2.05, 4.69) is 81.5 Å². The first-order chi connectivity index (χ1) is 28.0. The number of hydrogen-bond donors (Lipinski definition) is 0. The lowest BCUT2D eigenvalue weighted by molar-refractivity contribution is -0.150. The zero-order valence-electron chi connectivity index (χ0n) is 37.6. The lowest BCUT2D eigenvalue weighted by atomic mass is 10.00. The molecule has 5 nitrogen and oxygen atoms in total. The number of Topliss-reactive ketones (excluding diaryl/α,β-unsaturated/α-hetero) is 1. The van der Waals surface area contributed by atoms with E-state index in [0.717, 1.165) is 103 Å². The molecule has 0 saturated carbocycles. The number of carbonyl (C=O) groups is 3. The number of hydrogen-bond acceptors (Lipinski definition) is 5. The van der Waals surface area contributed by atoms with Crippen molar-refractivity contribution in [2.75, 3.05) is 13.2 Å². The summed E-state index contributed by atoms with van der Waals surface area (Å²) < 4.78 is 11.3. The molecule has 0 aliphatic rings. The van der Waals surface area contributed by atoms with Crippen LogP contribution in [0.25, 0.3) is 0 Å². The van der Waals surface area contributed by atoms with E-state index in [0.29, 0.717) is 19.3 Å². The smallest absolute Gasteiger partial charge is 0.305 e. The third-order valence-electron chi connectivity index (χ3n) is 10.4. The molecule has 0 bridgehead atoms. The Labute approximate surface area is 353 Å². The van der Waals surface area contributed by atoms with Crippen LogP contribution < -0.4 is 0 Å². The molecule has 0 rings (SSSR count). The first-order valence-corrected chi connectivity index (χ1v) is 24.1. The van der Waals surface area contributed by atoms with Crippen molar-refractivity contribution in [3.8, 4) is 0 Å². The van der Waals surface area contributed by atoms with Gasteiger partial charge >= 0.3 is 11.9 Å². The van der Waals surface area contributed by atoms with Gasteiger partial charge in [0, 0.05) is 31.6 Å². The molecule has 0 amide bonds. The molecule has 0 aliphatic carbocycles. The number of ether oxygens (including phenoxy) is 2. The Hall–Kier alpha value is -2.69. The lowest BCUT2D eigenvalue weighted by Crippen LogP contribution is -2.23. The summed E-state index contributed by atoms with van der Waals surface area (Å²) in [6.07, 6.45) is 57.2. The second kappa shape index (κ2) is 46.0. The zero-order chi connectivity index (χ0) is 41.5. The van der Waals surface area contributed by atoms with Gasteiger partial charge in [-0.3, -0.25) is 14.4 Å². The van der Waals surface area contributed by atoms with Gasteiger partial charge in [0.25, 0.3) is 0 Å². The van der Waals surface area contributed by atoms with Crippen LogP contribution in [-0.4, -0.2) is 30.9 Å². The van der Waals surface area contributed by atoms with Crippen LogP contribution in [0.4, 0.5) is 0 Å². The topological polar surface area (TPSA) is 69.7 Å². The van der Waals surface area contributed by atoms with Crippen LogP contribution >= 0.6 is 0 Å². The van der Waals surface area contributed by atoms with Crippen molar-refractivity contribution < 1.29 is 23.9 Å². The van der Waals surface area contributed by atoms with Gasteiger partial charge in [0.05, 0.1) is 13.2 Å². The molecule has 0 aliphatic heterocycles. The van der Waals surface area contributed by atoms with Gasteiger partial charge in [0.2, 0.25) is 0 Å². The molecule has 57 heavy (non-hydrogen) atoms. The van der Waals surface area contributed by atoms with Gasteiger partial charge in [-0.15, -0.1) is 0 Å². The summed E-state index contributed by atoms with van der Waals surface area (Å²) in [5, 5.41) is 0. The van der Waals surface area contributed by atoms with E-state index < -0.39 is 0 Å². The Morgan fingerprint density at radius 3 is 1.18 bits per heavy atom. The minimum atomic E-state index is -0.286. The van der Waals surface area contributed by atoms with Crippen molar-refractivity contribution in [2.24, 2.45) is 5.92 Å².